The number of carbonyl (C=O) groups excluding carboxylic acids is 2. The Bertz CT molecular complexity index is 788. The van der Waals surface area contributed by atoms with Crippen molar-refractivity contribution in [3.63, 3.8) is 0 Å². The molecule has 1 aliphatic heterocycles. The van der Waals surface area contributed by atoms with Crippen molar-refractivity contribution in [1.82, 2.24) is 10.3 Å². The molecule has 1 amide bonds. The number of nitrogens with zero attached hydrogens (tertiary/aromatic N) is 2. The predicted molar refractivity (Wildman–Crippen MR) is 95.4 cm³/mol. The van der Waals surface area contributed by atoms with Crippen LogP contribution in [0.2, 0.25) is 0 Å². The average molecular weight is 359 g/mol. The second-order valence-corrected chi connectivity index (χ2v) is 6.88. The van der Waals surface area contributed by atoms with E-state index in [0.717, 1.165) is 18.4 Å². The van der Waals surface area contributed by atoms with E-state index in [1.165, 1.54) is 5.56 Å². The van der Waals surface area contributed by atoms with Crippen molar-refractivity contribution in [3.05, 3.63) is 35.2 Å². The largest absolute Gasteiger partial charge is 0.378 e. The second kappa shape index (κ2) is 7.35. The highest BCUT2D eigenvalue weighted by Crippen LogP contribution is 2.35. The van der Waals surface area contributed by atoms with Crippen molar-refractivity contribution < 1.29 is 18.8 Å². The minimum Gasteiger partial charge on any atom is -0.378 e. The lowest BCUT2D eigenvalue weighted by molar-refractivity contribution is -0.150. The van der Waals surface area contributed by atoms with Gasteiger partial charge in [-0.25, -0.2) is 4.39 Å². The Hall–Kier alpha value is -2.57. The smallest absolute Gasteiger partial charge is 0.268 e. The van der Waals surface area contributed by atoms with E-state index in [1.54, 1.807) is 6.20 Å². The molecule has 0 saturated heterocycles. The number of ketones is 1. The van der Waals surface area contributed by atoms with Crippen LogP contribution < -0.4 is 5.32 Å². The molecule has 1 aromatic rings. The molecule has 26 heavy (non-hydrogen) atoms. The number of nitrogens with one attached hydrogen (secondary N) is 1. The number of amides is 1. The summed E-state index contributed by atoms with van der Waals surface area (Å²) in [6, 6.07) is 1.99. The van der Waals surface area contributed by atoms with E-state index in [-0.39, 0.29) is 18.9 Å². The zero-order valence-corrected chi connectivity index (χ0v) is 14.9. The highest BCUT2D eigenvalue weighted by molar-refractivity contribution is 6.07. The van der Waals surface area contributed by atoms with Crippen LogP contribution in [0.1, 0.15) is 43.5 Å². The van der Waals surface area contributed by atoms with Gasteiger partial charge >= 0.3 is 0 Å². The van der Waals surface area contributed by atoms with E-state index < -0.39 is 24.0 Å². The van der Waals surface area contributed by atoms with Crippen molar-refractivity contribution in [2.45, 2.75) is 38.7 Å². The van der Waals surface area contributed by atoms with Gasteiger partial charge < -0.3 is 10.2 Å². The van der Waals surface area contributed by atoms with Gasteiger partial charge in [-0.3, -0.25) is 14.6 Å². The van der Waals surface area contributed by atoms with Crippen LogP contribution in [-0.4, -0.2) is 41.2 Å². The van der Waals surface area contributed by atoms with Crippen LogP contribution in [0.3, 0.4) is 0 Å². The molecule has 0 bridgehead atoms. The van der Waals surface area contributed by atoms with Gasteiger partial charge in [-0.15, -0.1) is 0 Å². The third-order valence-corrected chi connectivity index (χ3v) is 4.88. The quantitative estimate of drug-likeness (QED) is 0.844. The van der Waals surface area contributed by atoms with E-state index in [4.69, 9.17) is 4.84 Å². The Morgan fingerprint density at radius 3 is 2.96 bits per heavy atom. The number of hydrogen-bond donors (Lipinski definition) is 1. The van der Waals surface area contributed by atoms with Crippen LogP contribution in [0.4, 0.5) is 4.39 Å². The van der Waals surface area contributed by atoms with Crippen LogP contribution in [-0.2, 0) is 20.8 Å². The first-order valence-corrected chi connectivity index (χ1v) is 8.73. The van der Waals surface area contributed by atoms with Crippen molar-refractivity contribution in [2.75, 3.05) is 13.2 Å². The third kappa shape index (κ3) is 3.25. The van der Waals surface area contributed by atoms with Gasteiger partial charge in [0.15, 0.2) is 5.78 Å². The summed E-state index contributed by atoms with van der Waals surface area (Å²) >= 11 is 0. The summed E-state index contributed by atoms with van der Waals surface area (Å²) in [5.74, 6) is -1.34. The highest BCUT2D eigenvalue weighted by Gasteiger charge is 2.50. The predicted octanol–water partition coefficient (Wildman–Crippen LogP) is 2.21. The van der Waals surface area contributed by atoms with Gasteiger partial charge in [0, 0.05) is 24.1 Å². The third-order valence-electron chi connectivity index (χ3n) is 4.88. The first kappa shape index (κ1) is 18.2. The number of pyridine rings is 1. The molecular weight excluding hydrogens is 337 g/mol. The molecule has 1 unspecified atom stereocenters. The summed E-state index contributed by atoms with van der Waals surface area (Å²) < 4.78 is 12.3. The SMILES string of the molecule is CC(C)C1(C(=O)NCC(=O)CF)CC(c2nccc3c2C=CCC3)=NO1. The number of carbonyl (C=O) groups is 2. The molecule has 0 saturated carbocycles. The van der Waals surface area contributed by atoms with E-state index in [2.05, 4.69) is 21.5 Å². The van der Waals surface area contributed by atoms with Crippen molar-refractivity contribution >= 4 is 23.5 Å². The van der Waals surface area contributed by atoms with Crippen molar-refractivity contribution in [3.8, 4) is 0 Å². The number of hydrogen-bond acceptors (Lipinski definition) is 5. The Labute approximate surface area is 151 Å². The van der Waals surface area contributed by atoms with Gasteiger partial charge in [0.25, 0.3) is 5.91 Å². The fourth-order valence-electron chi connectivity index (χ4n) is 3.23. The molecule has 2 heterocycles. The molecule has 0 aromatic carbocycles. The number of halogens is 1. The van der Waals surface area contributed by atoms with Gasteiger partial charge in [-0.1, -0.05) is 31.2 Å². The van der Waals surface area contributed by atoms with Crippen LogP contribution in [0.15, 0.2) is 23.5 Å². The zero-order chi connectivity index (χ0) is 18.7. The van der Waals surface area contributed by atoms with Crippen LogP contribution >= 0.6 is 0 Å². The standard InChI is InChI=1S/C19H22FN3O3/c1-12(2)19(18(25)22-11-14(24)10-20)9-16(23-26-19)17-15-6-4-3-5-13(15)7-8-21-17/h4,6-8,12H,3,5,9-11H2,1-2H3,(H,22,25). The molecule has 0 radical (unpaired) electrons. The number of fused-ring (bicyclic) bond motifs is 1. The van der Waals surface area contributed by atoms with Gasteiger partial charge in [-0.05, 0) is 24.5 Å². The van der Waals surface area contributed by atoms with E-state index >= 15 is 0 Å². The fourth-order valence-corrected chi connectivity index (χ4v) is 3.23. The molecule has 0 spiro atoms. The van der Waals surface area contributed by atoms with Crippen LogP contribution in [0, 0.1) is 5.92 Å². The van der Waals surface area contributed by atoms with Crippen LogP contribution in [0.25, 0.3) is 6.08 Å². The lowest BCUT2D eigenvalue weighted by Gasteiger charge is -2.29. The first-order valence-electron chi connectivity index (χ1n) is 8.73. The Kier molecular flexibility index (Phi) is 5.15. The maximum Gasteiger partial charge on any atom is 0.268 e. The lowest BCUT2D eigenvalue weighted by Crippen LogP contribution is -2.52. The second-order valence-electron chi connectivity index (χ2n) is 6.88. The zero-order valence-electron chi connectivity index (χ0n) is 14.9. The molecule has 138 valence electrons. The molecule has 1 atom stereocenters. The van der Waals surface area contributed by atoms with E-state index in [9.17, 15) is 14.0 Å². The highest BCUT2D eigenvalue weighted by atomic mass is 19.1. The van der Waals surface area contributed by atoms with Crippen LogP contribution in [0.5, 0.6) is 0 Å². The minimum absolute atomic E-state index is 0.195. The Morgan fingerprint density at radius 1 is 1.42 bits per heavy atom. The monoisotopic (exact) mass is 359 g/mol. The molecule has 3 rings (SSSR count). The maximum absolute atomic E-state index is 12.7. The summed E-state index contributed by atoms with van der Waals surface area (Å²) in [6.07, 6.45) is 8.04. The number of rotatable bonds is 6. The van der Waals surface area contributed by atoms with Gasteiger partial charge in [0.1, 0.15) is 12.4 Å². The molecule has 1 N–H and O–H groups in total. The average Bonchev–Trinajstić information content (AvgIpc) is 3.12. The normalized spacial score (nSPS) is 21.2. The maximum atomic E-state index is 12.7. The summed E-state index contributed by atoms with van der Waals surface area (Å²) in [6.45, 7) is 2.24. The first-order chi connectivity index (χ1) is 12.5. The summed E-state index contributed by atoms with van der Waals surface area (Å²) in [5, 5.41) is 6.63. The number of Topliss-reactive ketones (excluding diaryl/α,β-unsaturated/α-hetero) is 1. The minimum atomic E-state index is -1.23. The molecule has 1 aromatic heterocycles. The Balaban J connectivity index is 1.83. The van der Waals surface area contributed by atoms with E-state index in [0.29, 0.717) is 11.4 Å². The number of aromatic nitrogens is 1. The topological polar surface area (TPSA) is 80.7 Å². The number of oxime groups is 1. The molecular formula is C19H22FN3O3. The molecule has 6 nitrogen and oxygen atoms in total. The molecule has 7 heteroatoms. The molecule has 0 fully saturated rings. The van der Waals surface area contributed by atoms with Crippen molar-refractivity contribution in [2.24, 2.45) is 11.1 Å². The van der Waals surface area contributed by atoms with E-state index in [1.807, 2.05) is 26.0 Å². The number of allylic oxidation sites excluding steroid dienone is 1. The summed E-state index contributed by atoms with van der Waals surface area (Å²) in [4.78, 5) is 33.9. The summed E-state index contributed by atoms with van der Waals surface area (Å²) in [5.41, 5.74) is 2.30. The molecule has 2 aliphatic rings. The molecule has 1 aliphatic carbocycles. The van der Waals surface area contributed by atoms with Gasteiger partial charge in [-0.2, -0.15) is 0 Å². The Morgan fingerprint density at radius 2 is 2.23 bits per heavy atom. The lowest BCUT2D eigenvalue weighted by atomic mass is 9.83. The van der Waals surface area contributed by atoms with Crippen molar-refractivity contribution in [1.29, 1.82) is 0 Å². The summed E-state index contributed by atoms with van der Waals surface area (Å²) in [7, 11) is 0. The van der Waals surface area contributed by atoms with Gasteiger partial charge in [0.05, 0.1) is 12.2 Å². The fraction of sp³-hybridized carbons (Fsp3) is 0.474. The number of aryl methyl sites for hydroxylation is 1. The van der Waals surface area contributed by atoms with Gasteiger partial charge in [0.2, 0.25) is 5.60 Å². The number of alkyl halides is 1.